The Bertz CT molecular complexity index is 524. The number of aliphatic hydroxyl groups excluding tert-OH is 1. The largest absolute Gasteiger partial charge is 0.396 e. The molecule has 0 radical (unpaired) electrons. The molecule has 20 heavy (non-hydrogen) atoms. The van der Waals surface area contributed by atoms with E-state index >= 15 is 0 Å². The van der Waals surface area contributed by atoms with E-state index in [1.165, 1.54) is 12.1 Å². The first kappa shape index (κ1) is 17.4. The smallest absolute Gasteiger partial charge is 0.241 e. The lowest BCUT2D eigenvalue weighted by Crippen LogP contribution is -2.27. The van der Waals surface area contributed by atoms with Crippen molar-refractivity contribution in [3.05, 3.63) is 29.1 Å². The second kappa shape index (κ2) is 7.97. The molecule has 0 fully saturated rings. The number of aryl methyl sites for hydroxylation is 2. The minimum absolute atomic E-state index is 0.146. The highest BCUT2D eigenvalue weighted by molar-refractivity contribution is 7.99. The lowest BCUT2D eigenvalue weighted by Gasteiger charge is -2.12. The van der Waals surface area contributed by atoms with E-state index in [4.69, 9.17) is 5.11 Å². The van der Waals surface area contributed by atoms with E-state index in [9.17, 15) is 12.8 Å². The van der Waals surface area contributed by atoms with E-state index in [1.807, 2.05) is 0 Å². The van der Waals surface area contributed by atoms with Crippen molar-refractivity contribution in [2.45, 2.75) is 25.2 Å². The molecular weight excluding hydrogens is 301 g/mol. The molecule has 0 spiro atoms. The molecule has 0 aliphatic carbocycles. The van der Waals surface area contributed by atoms with E-state index in [-0.39, 0.29) is 11.5 Å². The first-order valence-electron chi connectivity index (χ1n) is 6.33. The maximum absolute atomic E-state index is 13.2. The summed E-state index contributed by atoms with van der Waals surface area (Å²) >= 11 is 1.58. The Morgan fingerprint density at radius 2 is 1.85 bits per heavy atom. The van der Waals surface area contributed by atoms with E-state index in [0.29, 0.717) is 29.8 Å². The molecule has 0 heterocycles. The number of aliphatic hydroxyl groups is 1. The zero-order valence-electron chi connectivity index (χ0n) is 11.6. The molecule has 0 unspecified atom stereocenters. The van der Waals surface area contributed by atoms with E-state index < -0.39 is 15.8 Å². The summed E-state index contributed by atoms with van der Waals surface area (Å²) in [5, 5.41) is 8.63. The van der Waals surface area contributed by atoms with Crippen LogP contribution in [0.5, 0.6) is 0 Å². The number of hydrogen-bond acceptors (Lipinski definition) is 4. The van der Waals surface area contributed by atoms with Crippen molar-refractivity contribution < 1.29 is 17.9 Å². The zero-order chi connectivity index (χ0) is 15.2. The van der Waals surface area contributed by atoms with Crippen LogP contribution in [0.3, 0.4) is 0 Å². The fourth-order valence-electron chi connectivity index (χ4n) is 1.91. The Balaban J connectivity index is 2.66. The molecule has 2 N–H and O–H groups in total. The molecule has 1 aromatic rings. The molecular formula is C13H20FNO3S2. The summed E-state index contributed by atoms with van der Waals surface area (Å²) < 4.78 is 40.1. The normalized spacial score (nSPS) is 11.8. The number of thioether (sulfide) groups is 1. The van der Waals surface area contributed by atoms with Crippen molar-refractivity contribution in [2.24, 2.45) is 0 Å². The summed E-state index contributed by atoms with van der Waals surface area (Å²) in [7, 11) is -3.61. The van der Waals surface area contributed by atoms with Gasteiger partial charge in [0.1, 0.15) is 5.82 Å². The van der Waals surface area contributed by atoms with Gasteiger partial charge >= 0.3 is 0 Å². The van der Waals surface area contributed by atoms with Crippen molar-refractivity contribution >= 4 is 21.8 Å². The van der Waals surface area contributed by atoms with E-state index in [2.05, 4.69) is 4.72 Å². The monoisotopic (exact) mass is 321 g/mol. The molecule has 1 aromatic carbocycles. The van der Waals surface area contributed by atoms with Crippen LogP contribution in [0, 0.1) is 19.7 Å². The van der Waals surface area contributed by atoms with Gasteiger partial charge in [0.05, 0.1) is 4.90 Å². The highest BCUT2D eigenvalue weighted by atomic mass is 32.2. The quantitative estimate of drug-likeness (QED) is 0.717. The summed E-state index contributed by atoms with van der Waals surface area (Å²) in [5.74, 6) is 1.00. The van der Waals surface area contributed by atoms with Crippen LogP contribution in [0.15, 0.2) is 17.0 Å². The third kappa shape index (κ3) is 5.05. The minimum atomic E-state index is -3.61. The van der Waals surface area contributed by atoms with Crippen molar-refractivity contribution in [1.29, 1.82) is 0 Å². The Labute approximate surface area is 123 Å². The topological polar surface area (TPSA) is 66.4 Å². The van der Waals surface area contributed by atoms with Gasteiger partial charge in [-0.2, -0.15) is 11.8 Å². The van der Waals surface area contributed by atoms with Crippen molar-refractivity contribution in [1.82, 2.24) is 4.72 Å². The Morgan fingerprint density at radius 1 is 1.25 bits per heavy atom. The SMILES string of the molecule is Cc1cc(F)cc(C)c1S(=O)(=O)NCCSCCCO. The summed E-state index contributed by atoms with van der Waals surface area (Å²) in [6.45, 7) is 3.63. The highest BCUT2D eigenvalue weighted by Crippen LogP contribution is 2.21. The maximum atomic E-state index is 13.2. The Morgan fingerprint density at radius 3 is 2.40 bits per heavy atom. The number of halogens is 1. The standard InChI is InChI=1S/C13H20FNO3S2/c1-10-8-12(14)9-11(2)13(10)20(17,18)15-4-7-19-6-3-5-16/h8-9,15-16H,3-7H2,1-2H3. The van der Waals surface area contributed by atoms with Crippen LogP contribution in [-0.4, -0.2) is 38.2 Å². The molecule has 4 nitrogen and oxygen atoms in total. The molecule has 0 saturated heterocycles. The second-order valence-electron chi connectivity index (χ2n) is 4.46. The average Bonchev–Trinajstić information content (AvgIpc) is 2.31. The fraction of sp³-hybridized carbons (Fsp3) is 0.538. The van der Waals surface area contributed by atoms with Gasteiger partial charge in [0.25, 0.3) is 0 Å². The Hall–Kier alpha value is -0.630. The highest BCUT2D eigenvalue weighted by Gasteiger charge is 2.19. The van der Waals surface area contributed by atoms with Gasteiger partial charge in [-0.1, -0.05) is 0 Å². The molecule has 0 aliphatic rings. The average molecular weight is 321 g/mol. The van der Waals surface area contributed by atoms with Gasteiger partial charge in [0.2, 0.25) is 10.0 Å². The van der Waals surface area contributed by atoms with Gasteiger partial charge < -0.3 is 5.11 Å². The zero-order valence-corrected chi connectivity index (χ0v) is 13.3. The van der Waals surface area contributed by atoms with Crippen molar-refractivity contribution in [3.63, 3.8) is 0 Å². The lowest BCUT2D eigenvalue weighted by atomic mass is 10.1. The number of rotatable bonds is 8. The van der Waals surface area contributed by atoms with Crippen LogP contribution in [0.2, 0.25) is 0 Å². The second-order valence-corrected chi connectivity index (χ2v) is 7.38. The molecule has 0 aromatic heterocycles. The number of benzene rings is 1. The molecule has 0 saturated carbocycles. The van der Waals surface area contributed by atoms with Crippen LogP contribution in [-0.2, 0) is 10.0 Å². The summed E-state index contributed by atoms with van der Waals surface area (Å²) in [6, 6.07) is 2.44. The molecule has 7 heteroatoms. The first-order chi connectivity index (χ1) is 9.38. The van der Waals surface area contributed by atoms with Crippen LogP contribution in [0.4, 0.5) is 4.39 Å². The molecule has 0 amide bonds. The summed E-state index contributed by atoms with van der Waals surface area (Å²) in [6.07, 6.45) is 0.702. The fourth-order valence-corrected chi connectivity index (χ4v) is 4.30. The van der Waals surface area contributed by atoms with E-state index in [1.54, 1.807) is 25.6 Å². The van der Waals surface area contributed by atoms with Gasteiger partial charge in [0.15, 0.2) is 0 Å². The van der Waals surface area contributed by atoms with Gasteiger partial charge in [-0.3, -0.25) is 0 Å². The summed E-state index contributed by atoms with van der Waals surface area (Å²) in [4.78, 5) is 0.152. The first-order valence-corrected chi connectivity index (χ1v) is 8.97. The van der Waals surface area contributed by atoms with Crippen molar-refractivity contribution in [3.8, 4) is 0 Å². The number of nitrogens with one attached hydrogen (secondary N) is 1. The van der Waals surface area contributed by atoms with Crippen LogP contribution in [0.1, 0.15) is 17.5 Å². The van der Waals surface area contributed by atoms with E-state index in [0.717, 1.165) is 5.75 Å². The van der Waals surface area contributed by atoms with Crippen LogP contribution >= 0.6 is 11.8 Å². The van der Waals surface area contributed by atoms with Gasteiger partial charge in [0, 0.05) is 18.9 Å². The number of sulfonamides is 1. The summed E-state index contributed by atoms with van der Waals surface area (Å²) in [5.41, 5.74) is 0.811. The van der Waals surface area contributed by atoms with Crippen LogP contribution in [0.25, 0.3) is 0 Å². The van der Waals surface area contributed by atoms with Crippen LogP contribution < -0.4 is 4.72 Å². The lowest BCUT2D eigenvalue weighted by molar-refractivity contribution is 0.296. The minimum Gasteiger partial charge on any atom is -0.396 e. The van der Waals surface area contributed by atoms with Gasteiger partial charge in [-0.05, 0) is 49.3 Å². The molecule has 114 valence electrons. The molecule has 0 aliphatic heterocycles. The number of hydrogen-bond donors (Lipinski definition) is 2. The molecule has 0 bridgehead atoms. The molecule has 0 atom stereocenters. The predicted molar refractivity (Wildman–Crippen MR) is 80.1 cm³/mol. The molecule has 1 rings (SSSR count). The maximum Gasteiger partial charge on any atom is 0.241 e. The third-order valence-electron chi connectivity index (χ3n) is 2.68. The van der Waals surface area contributed by atoms with Gasteiger partial charge in [-0.25, -0.2) is 17.5 Å². The Kier molecular flexibility index (Phi) is 6.94. The van der Waals surface area contributed by atoms with Crippen molar-refractivity contribution in [2.75, 3.05) is 24.7 Å². The van der Waals surface area contributed by atoms with Gasteiger partial charge in [-0.15, -0.1) is 0 Å². The predicted octanol–water partition coefficient (Wildman–Crippen LogP) is 1.84. The third-order valence-corrected chi connectivity index (χ3v) is 5.51.